The normalized spacial score (nSPS) is 41.4. The molecule has 1 saturated heterocycles. The number of aliphatic hydroxyl groups is 1. The summed E-state index contributed by atoms with van der Waals surface area (Å²) in [4.78, 5) is 0. The molecule has 7 atom stereocenters. The van der Waals surface area contributed by atoms with Crippen LogP contribution in [0.3, 0.4) is 0 Å². The summed E-state index contributed by atoms with van der Waals surface area (Å²) in [5.41, 5.74) is -0.102. The quantitative estimate of drug-likeness (QED) is 0.639. The second-order valence-corrected chi connectivity index (χ2v) is 17.6. The number of hydrogen-bond acceptors (Lipinski definition) is 4. The molecule has 3 rings (SSSR count). The van der Waals surface area contributed by atoms with E-state index in [2.05, 4.69) is 54.6 Å². The van der Waals surface area contributed by atoms with E-state index in [1.54, 1.807) is 0 Å². The monoisotopic (exact) mass is 400 g/mol. The molecule has 26 heavy (non-hydrogen) atoms. The topological polar surface area (TPSA) is 38.7 Å². The summed E-state index contributed by atoms with van der Waals surface area (Å²) < 4.78 is 13.2. The minimum atomic E-state index is -1.77. The summed E-state index contributed by atoms with van der Waals surface area (Å²) in [5, 5.41) is 11.3. The molecule has 0 aromatic rings. The predicted molar refractivity (Wildman–Crippen MR) is 113 cm³/mol. The van der Waals surface area contributed by atoms with Crippen molar-refractivity contribution in [2.45, 2.75) is 114 Å². The minimum absolute atomic E-state index is 0.102. The van der Waals surface area contributed by atoms with Crippen LogP contribution in [0.25, 0.3) is 0 Å². The van der Waals surface area contributed by atoms with E-state index in [0.29, 0.717) is 12.0 Å². The smallest absolute Gasteiger partial charge is 0.192 e. The molecule has 0 aromatic heterocycles. The van der Waals surface area contributed by atoms with Gasteiger partial charge in [0.25, 0.3) is 0 Å². The molecular weight excluding hydrogens is 360 g/mol. The SMILES string of the molecule is C[C@@H]1CC[C@@H]2[C@@H](C1)O[C@@H]([C@H](O)C1CC1O[Si](C)(C)C(C)(C)C)SC2(C)C. The van der Waals surface area contributed by atoms with E-state index in [-0.39, 0.29) is 27.2 Å². The fraction of sp³-hybridized carbons (Fsp3) is 1.00. The molecule has 0 radical (unpaired) electrons. The first kappa shape index (κ1) is 21.2. The summed E-state index contributed by atoms with van der Waals surface area (Å²) in [6.07, 6.45) is 4.83. The van der Waals surface area contributed by atoms with E-state index >= 15 is 0 Å². The van der Waals surface area contributed by atoms with Crippen LogP contribution >= 0.6 is 11.8 Å². The molecule has 3 fully saturated rings. The lowest BCUT2D eigenvalue weighted by molar-refractivity contribution is -0.0987. The highest BCUT2D eigenvalue weighted by Crippen LogP contribution is 2.53. The first-order chi connectivity index (χ1) is 11.8. The molecule has 3 nitrogen and oxygen atoms in total. The van der Waals surface area contributed by atoms with E-state index in [1.807, 2.05) is 11.8 Å². The Balaban J connectivity index is 1.61. The Morgan fingerprint density at radius 3 is 2.46 bits per heavy atom. The Hall–Kier alpha value is 0.447. The summed E-state index contributed by atoms with van der Waals surface area (Å²) in [6.45, 7) is 18.5. The third-order valence-electron chi connectivity index (χ3n) is 7.42. The average molecular weight is 401 g/mol. The van der Waals surface area contributed by atoms with Crippen LogP contribution in [0.15, 0.2) is 0 Å². The lowest BCUT2D eigenvalue weighted by Crippen LogP contribution is -2.52. The van der Waals surface area contributed by atoms with Crippen molar-refractivity contribution in [1.82, 2.24) is 0 Å². The zero-order valence-corrected chi connectivity index (χ0v) is 19.9. The van der Waals surface area contributed by atoms with Crippen molar-refractivity contribution in [3.05, 3.63) is 0 Å². The first-order valence-electron chi connectivity index (χ1n) is 10.5. The molecular formula is C21H40O3SSi. The van der Waals surface area contributed by atoms with Crippen molar-refractivity contribution in [3.63, 3.8) is 0 Å². The third-order valence-corrected chi connectivity index (χ3v) is 13.5. The molecule has 2 saturated carbocycles. The second-order valence-electron chi connectivity index (χ2n) is 11.1. The Labute approximate surface area is 166 Å². The lowest BCUT2D eigenvalue weighted by atomic mass is 9.74. The van der Waals surface area contributed by atoms with Crippen molar-refractivity contribution < 1.29 is 14.3 Å². The van der Waals surface area contributed by atoms with E-state index in [1.165, 1.54) is 12.8 Å². The largest absolute Gasteiger partial charge is 0.414 e. The Kier molecular flexibility index (Phi) is 5.74. The molecule has 3 aliphatic rings. The number of aliphatic hydroxyl groups excluding tert-OH is 1. The van der Waals surface area contributed by atoms with Gasteiger partial charge in [-0.3, -0.25) is 0 Å². The molecule has 2 aliphatic carbocycles. The maximum absolute atomic E-state index is 11.1. The van der Waals surface area contributed by atoms with Gasteiger partial charge >= 0.3 is 0 Å². The van der Waals surface area contributed by atoms with Gasteiger partial charge in [0.2, 0.25) is 0 Å². The highest BCUT2D eigenvalue weighted by Gasteiger charge is 2.55. The van der Waals surface area contributed by atoms with Crippen molar-refractivity contribution in [2.75, 3.05) is 0 Å². The molecule has 1 aliphatic heterocycles. The van der Waals surface area contributed by atoms with Crippen LogP contribution in [0.4, 0.5) is 0 Å². The summed E-state index contributed by atoms with van der Waals surface area (Å²) in [7, 11) is -1.77. The van der Waals surface area contributed by atoms with Crippen molar-refractivity contribution in [1.29, 1.82) is 0 Å². The van der Waals surface area contributed by atoms with Crippen LogP contribution < -0.4 is 0 Å². The van der Waals surface area contributed by atoms with Gasteiger partial charge in [-0.25, -0.2) is 0 Å². The Morgan fingerprint density at radius 1 is 1.19 bits per heavy atom. The van der Waals surface area contributed by atoms with Crippen LogP contribution in [0.1, 0.15) is 67.2 Å². The van der Waals surface area contributed by atoms with Crippen LogP contribution in [0, 0.1) is 17.8 Å². The van der Waals surface area contributed by atoms with Gasteiger partial charge in [0.1, 0.15) is 5.44 Å². The standard InChI is InChI=1S/C21H40O3SSi/c1-13-9-10-15-17(11-13)23-19(25-21(15,5)6)18(22)14-12-16(14)24-26(7,8)20(2,3)4/h13-19,22H,9-12H2,1-8H3/t13-,14?,15-,16?,17-,18-,19-/m1/s1. The fourth-order valence-electron chi connectivity index (χ4n) is 4.45. The second kappa shape index (κ2) is 7.05. The number of hydrogen-bond donors (Lipinski definition) is 1. The lowest BCUT2D eigenvalue weighted by Gasteiger charge is -2.51. The van der Waals surface area contributed by atoms with Gasteiger partial charge in [-0.1, -0.05) is 48.0 Å². The van der Waals surface area contributed by atoms with Crippen LogP contribution in [0.2, 0.25) is 18.1 Å². The number of fused-ring (bicyclic) bond motifs is 1. The highest BCUT2D eigenvalue weighted by molar-refractivity contribution is 8.01. The van der Waals surface area contributed by atoms with Gasteiger partial charge in [-0.2, -0.15) is 0 Å². The maximum Gasteiger partial charge on any atom is 0.192 e. The minimum Gasteiger partial charge on any atom is -0.414 e. The molecule has 0 spiro atoms. The van der Waals surface area contributed by atoms with Crippen molar-refractivity contribution >= 4 is 20.1 Å². The van der Waals surface area contributed by atoms with Gasteiger partial charge in [0.15, 0.2) is 8.32 Å². The fourth-order valence-corrected chi connectivity index (χ4v) is 7.42. The molecule has 0 amide bonds. The Bertz CT molecular complexity index is 516. The van der Waals surface area contributed by atoms with Gasteiger partial charge in [-0.05, 0) is 49.2 Å². The average Bonchev–Trinajstić information content (AvgIpc) is 3.22. The van der Waals surface area contributed by atoms with Gasteiger partial charge in [-0.15, -0.1) is 11.8 Å². The zero-order valence-electron chi connectivity index (χ0n) is 18.0. The van der Waals surface area contributed by atoms with Crippen LogP contribution in [0.5, 0.6) is 0 Å². The van der Waals surface area contributed by atoms with Crippen molar-refractivity contribution in [2.24, 2.45) is 17.8 Å². The zero-order chi connectivity index (χ0) is 19.5. The molecule has 1 heterocycles. The number of rotatable bonds is 4. The maximum atomic E-state index is 11.1. The molecule has 0 aromatic carbocycles. The van der Waals surface area contributed by atoms with E-state index in [4.69, 9.17) is 9.16 Å². The highest BCUT2D eigenvalue weighted by atomic mass is 32.2. The van der Waals surface area contributed by atoms with E-state index < -0.39 is 14.4 Å². The Morgan fingerprint density at radius 2 is 1.85 bits per heavy atom. The molecule has 0 bridgehead atoms. The summed E-state index contributed by atoms with van der Waals surface area (Å²) in [5.74, 6) is 1.60. The molecule has 5 heteroatoms. The summed E-state index contributed by atoms with van der Waals surface area (Å²) in [6, 6.07) is 0. The first-order valence-corrected chi connectivity index (χ1v) is 14.3. The van der Waals surface area contributed by atoms with Crippen molar-refractivity contribution in [3.8, 4) is 0 Å². The molecule has 2 unspecified atom stereocenters. The van der Waals surface area contributed by atoms with Crippen LogP contribution in [-0.2, 0) is 9.16 Å². The van der Waals surface area contributed by atoms with E-state index in [0.717, 1.165) is 18.8 Å². The predicted octanol–water partition coefficient (Wildman–Crippen LogP) is 5.43. The van der Waals surface area contributed by atoms with E-state index in [9.17, 15) is 5.11 Å². The number of thioether (sulfide) groups is 1. The van der Waals surface area contributed by atoms with Gasteiger partial charge < -0.3 is 14.3 Å². The third kappa shape index (κ3) is 4.22. The number of ether oxygens (including phenoxy) is 1. The molecule has 1 N–H and O–H groups in total. The van der Waals surface area contributed by atoms with Gasteiger partial charge in [0, 0.05) is 10.7 Å². The molecule has 152 valence electrons. The van der Waals surface area contributed by atoms with Gasteiger partial charge in [0.05, 0.1) is 18.3 Å². The summed E-state index contributed by atoms with van der Waals surface area (Å²) >= 11 is 1.86. The van der Waals surface area contributed by atoms with Crippen LogP contribution in [-0.4, -0.2) is 41.9 Å².